The van der Waals surface area contributed by atoms with E-state index >= 15 is 0 Å². The smallest absolute Gasteiger partial charge is 0.341 e. The van der Waals surface area contributed by atoms with E-state index in [1.807, 2.05) is 6.08 Å². The molecule has 0 fully saturated rings. The Labute approximate surface area is 199 Å². The fourth-order valence-electron chi connectivity index (χ4n) is 3.62. The number of allylic oxidation sites excluding steroid dienone is 1. The van der Waals surface area contributed by atoms with Gasteiger partial charge in [0.2, 0.25) is 5.95 Å². The molecule has 35 heavy (non-hydrogen) atoms. The number of nitrogens with zero attached hydrogens (tertiary/aromatic N) is 5. The second-order valence-corrected chi connectivity index (χ2v) is 7.58. The number of rotatable bonds is 9. The van der Waals surface area contributed by atoms with Crippen molar-refractivity contribution in [3.63, 3.8) is 0 Å². The van der Waals surface area contributed by atoms with Crippen LogP contribution in [0.4, 0.5) is 16.0 Å². The van der Waals surface area contributed by atoms with Gasteiger partial charge >= 0.3 is 5.97 Å². The van der Waals surface area contributed by atoms with Gasteiger partial charge < -0.3 is 10.1 Å². The first-order chi connectivity index (χ1) is 16.9. The molecule has 0 amide bonds. The van der Waals surface area contributed by atoms with E-state index < -0.39 is 22.2 Å². The van der Waals surface area contributed by atoms with Gasteiger partial charge in [0.05, 0.1) is 22.9 Å². The molecule has 1 aliphatic heterocycles. The number of aromatic nitrogens is 3. The van der Waals surface area contributed by atoms with Crippen molar-refractivity contribution in [1.29, 1.82) is 0 Å². The maximum absolute atomic E-state index is 13.4. The van der Waals surface area contributed by atoms with Crippen LogP contribution in [-0.4, -0.2) is 45.2 Å². The van der Waals surface area contributed by atoms with E-state index in [1.54, 1.807) is 25.3 Å². The van der Waals surface area contributed by atoms with E-state index in [1.165, 1.54) is 42.7 Å². The molecule has 3 aromatic rings. The van der Waals surface area contributed by atoms with E-state index in [0.29, 0.717) is 29.9 Å². The highest BCUT2D eigenvalue weighted by Gasteiger charge is 2.32. The second kappa shape index (κ2) is 10.2. The van der Waals surface area contributed by atoms with Gasteiger partial charge in [-0.25, -0.2) is 19.2 Å². The van der Waals surface area contributed by atoms with Crippen molar-refractivity contribution < 1.29 is 18.8 Å². The van der Waals surface area contributed by atoms with Gasteiger partial charge in [-0.1, -0.05) is 0 Å². The molecule has 4 rings (SSSR count). The number of carbonyl (C=O) groups is 1. The van der Waals surface area contributed by atoms with Crippen LogP contribution in [0.25, 0.3) is 11.3 Å². The molecule has 0 saturated carbocycles. The molecular weight excluding hydrogens is 455 g/mol. The molecule has 1 aliphatic rings. The highest BCUT2D eigenvalue weighted by Crippen LogP contribution is 2.33. The van der Waals surface area contributed by atoms with Crippen LogP contribution in [-0.2, 0) is 10.3 Å². The highest BCUT2D eigenvalue weighted by molar-refractivity contribution is 5.96. The van der Waals surface area contributed by atoms with E-state index in [-0.39, 0.29) is 23.8 Å². The lowest BCUT2D eigenvalue weighted by molar-refractivity contribution is -0.385. The van der Waals surface area contributed by atoms with Crippen LogP contribution < -0.4 is 5.32 Å². The summed E-state index contributed by atoms with van der Waals surface area (Å²) in [6, 6.07) is 8.60. The van der Waals surface area contributed by atoms with Gasteiger partial charge in [0, 0.05) is 30.6 Å². The lowest BCUT2D eigenvalue weighted by Gasteiger charge is -2.23. The van der Waals surface area contributed by atoms with Crippen molar-refractivity contribution in [2.75, 3.05) is 18.5 Å². The molecule has 0 radical (unpaired) electrons. The zero-order valence-corrected chi connectivity index (χ0v) is 18.7. The van der Waals surface area contributed by atoms with E-state index in [4.69, 9.17) is 4.74 Å². The molecule has 1 atom stereocenters. The molecule has 1 N–H and O–H groups in total. The van der Waals surface area contributed by atoms with Crippen LogP contribution in [0.15, 0.2) is 65.9 Å². The summed E-state index contributed by atoms with van der Waals surface area (Å²) in [5.41, 5.74) is 0.698. The number of carbonyl (C=O) groups excluding carboxylic acids is 1. The van der Waals surface area contributed by atoms with Crippen LogP contribution in [0.5, 0.6) is 0 Å². The number of hydrogen-bond donors (Lipinski definition) is 1. The molecule has 1 aromatic carbocycles. The van der Waals surface area contributed by atoms with E-state index in [9.17, 15) is 19.3 Å². The largest absolute Gasteiger partial charge is 0.462 e. The first-order valence-electron chi connectivity index (χ1n) is 10.8. The number of ether oxygens (including phenoxy) is 1. The number of benzene rings is 1. The molecule has 2 aromatic heterocycles. The molecule has 11 heteroatoms. The number of anilines is 1. The summed E-state index contributed by atoms with van der Waals surface area (Å²) in [5.74, 6) is -0.726. The Morgan fingerprint density at radius 2 is 1.97 bits per heavy atom. The Morgan fingerprint density at radius 3 is 2.60 bits per heavy atom. The number of halogens is 1. The molecule has 1 unspecified atom stereocenters. The van der Waals surface area contributed by atoms with Crippen molar-refractivity contribution >= 4 is 23.8 Å². The second-order valence-electron chi connectivity index (χ2n) is 7.58. The average Bonchev–Trinajstić information content (AvgIpc) is 3.35. The van der Waals surface area contributed by atoms with Gasteiger partial charge in [-0.15, -0.1) is 0 Å². The predicted molar refractivity (Wildman–Crippen MR) is 127 cm³/mol. The van der Waals surface area contributed by atoms with Crippen molar-refractivity contribution in [2.45, 2.75) is 18.9 Å². The van der Waals surface area contributed by atoms with Gasteiger partial charge in [0.1, 0.15) is 23.1 Å². The van der Waals surface area contributed by atoms with Crippen LogP contribution in [0.3, 0.4) is 0 Å². The molecular formula is C24H21FN6O4. The number of pyridine rings is 1. The Balaban J connectivity index is 1.55. The highest BCUT2D eigenvalue weighted by atomic mass is 19.1. The Hall–Kier alpha value is -4.54. The summed E-state index contributed by atoms with van der Waals surface area (Å²) in [7, 11) is 0. The summed E-state index contributed by atoms with van der Waals surface area (Å²) < 4.78 is 18.5. The number of nitro groups is 1. The molecule has 0 spiro atoms. The first-order valence-corrected chi connectivity index (χ1v) is 10.8. The number of aliphatic imine (C=N–C) groups is 1. The Bertz CT molecular complexity index is 1280. The van der Waals surface area contributed by atoms with Crippen LogP contribution >= 0.6 is 0 Å². The lowest BCUT2D eigenvalue weighted by Crippen LogP contribution is -2.25. The molecule has 10 nitrogen and oxygen atoms in total. The minimum absolute atomic E-state index is 0.101. The minimum Gasteiger partial charge on any atom is -0.462 e. The minimum atomic E-state index is -0.785. The van der Waals surface area contributed by atoms with Crippen molar-refractivity contribution in [2.24, 2.45) is 4.99 Å². The summed E-state index contributed by atoms with van der Waals surface area (Å²) in [6.07, 6.45) is 8.35. The van der Waals surface area contributed by atoms with E-state index in [0.717, 1.165) is 0 Å². The average molecular weight is 476 g/mol. The topological polar surface area (TPSA) is 132 Å². The lowest BCUT2D eigenvalue weighted by atomic mass is 9.92. The van der Waals surface area contributed by atoms with Crippen molar-refractivity contribution in [3.8, 4) is 11.3 Å². The van der Waals surface area contributed by atoms with Crippen molar-refractivity contribution in [3.05, 3.63) is 88.1 Å². The fourth-order valence-corrected chi connectivity index (χ4v) is 3.62. The third-order valence-electron chi connectivity index (χ3n) is 5.36. The quantitative estimate of drug-likeness (QED) is 0.277. The number of hydrogen-bond acceptors (Lipinski definition) is 9. The van der Waals surface area contributed by atoms with E-state index in [2.05, 4.69) is 25.3 Å². The monoisotopic (exact) mass is 476 g/mol. The maximum Gasteiger partial charge on any atom is 0.341 e. The normalized spacial score (nSPS) is 16.3. The maximum atomic E-state index is 13.4. The summed E-state index contributed by atoms with van der Waals surface area (Å²) in [5, 5.41) is 14.1. The molecule has 0 bridgehead atoms. The summed E-state index contributed by atoms with van der Waals surface area (Å²) >= 11 is 0. The standard InChI is InChI=1S/C24H21FN6O4/c1-2-35-22(32)19-15-28-23(30-21(19)16-4-6-17(25)7-5-16)26-13-11-24(10-3-12-29-24)20-9-8-18(14-27-20)31(33)34/h3-10,12,14-15H,2,11,13H2,1H3,(H,26,28,30). The molecule has 0 saturated heterocycles. The fraction of sp³-hybridized carbons (Fsp3) is 0.208. The SMILES string of the molecule is CCOC(=O)c1cnc(NCCC2(c3ccc([N+](=O)[O-])cn3)C=CC=N2)nc1-c1ccc(F)cc1. The Kier molecular flexibility index (Phi) is 6.86. The zero-order chi connectivity index (χ0) is 24.8. The van der Waals surface area contributed by atoms with Crippen LogP contribution in [0, 0.1) is 15.9 Å². The Morgan fingerprint density at radius 1 is 1.17 bits per heavy atom. The predicted octanol–water partition coefficient (Wildman–Crippen LogP) is 4.10. The molecule has 0 aliphatic carbocycles. The van der Waals surface area contributed by atoms with Gasteiger partial charge in [0.15, 0.2) is 0 Å². The third-order valence-corrected chi connectivity index (χ3v) is 5.36. The van der Waals surface area contributed by atoms with Crippen molar-refractivity contribution in [1.82, 2.24) is 15.0 Å². The third kappa shape index (κ3) is 5.18. The summed E-state index contributed by atoms with van der Waals surface area (Å²) in [4.78, 5) is 40.3. The molecule has 178 valence electrons. The number of nitrogens with one attached hydrogen (secondary N) is 1. The summed E-state index contributed by atoms with van der Waals surface area (Å²) in [6.45, 7) is 2.26. The number of esters is 1. The van der Waals surface area contributed by atoms with Crippen LogP contribution in [0.2, 0.25) is 0 Å². The molecule has 3 heterocycles. The van der Waals surface area contributed by atoms with Gasteiger partial charge in [-0.05, 0) is 55.8 Å². The van der Waals surface area contributed by atoms with Gasteiger partial charge in [0.25, 0.3) is 5.69 Å². The zero-order valence-electron chi connectivity index (χ0n) is 18.7. The van der Waals surface area contributed by atoms with Crippen LogP contribution in [0.1, 0.15) is 29.4 Å². The van der Waals surface area contributed by atoms with Gasteiger partial charge in [-0.3, -0.25) is 20.1 Å². The van der Waals surface area contributed by atoms with Gasteiger partial charge in [-0.2, -0.15) is 0 Å². The first kappa shape index (κ1) is 23.6.